The Hall–Kier alpha value is -3.91. The Morgan fingerprint density at radius 3 is 2.47 bits per heavy atom. The summed E-state index contributed by atoms with van der Waals surface area (Å²) >= 11 is 0. The molecular formula is C35H44N2O6. The lowest BCUT2D eigenvalue weighted by molar-refractivity contribution is -0.0190. The van der Waals surface area contributed by atoms with Crippen molar-refractivity contribution < 1.29 is 28.8 Å². The summed E-state index contributed by atoms with van der Waals surface area (Å²) < 4.78 is 23.7. The highest BCUT2D eigenvalue weighted by atomic mass is 16.6. The number of ether oxygens (including phenoxy) is 4. The lowest BCUT2D eigenvalue weighted by Crippen LogP contribution is -2.45. The molecule has 2 N–H and O–H groups in total. The van der Waals surface area contributed by atoms with Gasteiger partial charge < -0.3 is 33.9 Å². The number of rotatable bonds is 12. The summed E-state index contributed by atoms with van der Waals surface area (Å²) in [6.45, 7) is 7.11. The van der Waals surface area contributed by atoms with Gasteiger partial charge in [0.2, 0.25) is 0 Å². The van der Waals surface area contributed by atoms with Gasteiger partial charge in [-0.1, -0.05) is 63.6 Å². The molecule has 1 fully saturated rings. The molecule has 0 spiro atoms. The molecule has 0 bridgehead atoms. The number of fused-ring (bicyclic) bond motifs is 3. The normalized spacial score (nSPS) is 19.3. The van der Waals surface area contributed by atoms with E-state index in [1.54, 1.807) is 7.11 Å². The fourth-order valence-electron chi connectivity index (χ4n) is 6.20. The van der Waals surface area contributed by atoms with Gasteiger partial charge in [0.15, 0.2) is 11.5 Å². The second kappa shape index (κ2) is 14.0. The molecule has 0 unspecified atom stereocenters. The van der Waals surface area contributed by atoms with E-state index < -0.39 is 12.2 Å². The first-order chi connectivity index (χ1) is 20.8. The third kappa shape index (κ3) is 7.36. The van der Waals surface area contributed by atoms with Crippen LogP contribution in [0, 0.1) is 17.8 Å². The van der Waals surface area contributed by atoms with Crippen LogP contribution in [-0.2, 0) is 4.74 Å². The molecule has 3 aromatic carbocycles. The molecule has 5 rings (SSSR count). The van der Waals surface area contributed by atoms with Crippen molar-refractivity contribution in [3.05, 3.63) is 66.7 Å². The largest absolute Gasteiger partial charge is 0.493 e. The van der Waals surface area contributed by atoms with Gasteiger partial charge in [0.25, 0.3) is 0 Å². The highest BCUT2D eigenvalue weighted by Gasteiger charge is 2.35. The van der Waals surface area contributed by atoms with E-state index in [0.717, 1.165) is 41.1 Å². The first-order valence-electron chi connectivity index (χ1n) is 15.4. The van der Waals surface area contributed by atoms with E-state index >= 15 is 0 Å². The zero-order valence-electron chi connectivity index (χ0n) is 25.6. The summed E-state index contributed by atoms with van der Waals surface area (Å²) in [5, 5.41) is 13.1. The second-order valence-electron chi connectivity index (χ2n) is 12.0. The number of aliphatic hydroxyl groups excluding tert-OH is 1. The van der Waals surface area contributed by atoms with Gasteiger partial charge in [0, 0.05) is 16.3 Å². The summed E-state index contributed by atoms with van der Waals surface area (Å²) in [5.74, 6) is 3.12. The second-order valence-corrected chi connectivity index (χ2v) is 12.0. The molecule has 0 radical (unpaired) electrons. The van der Waals surface area contributed by atoms with Crippen LogP contribution in [0.1, 0.15) is 40.0 Å². The Morgan fingerprint density at radius 2 is 1.67 bits per heavy atom. The smallest absolute Gasteiger partial charge is 0.410 e. The van der Waals surface area contributed by atoms with E-state index in [9.17, 15) is 9.90 Å². The Morgan fingerprint density at radius 1 is 0.953 bits per heavy atom. The average Bonchev–Trinajstić information content (AvgIpc) is 3.39. The molecule has 230 valence electrons. The Kier molecular flexibility index (Phi) is 9.97. The fraction of sp³-hybridized carbons (Fsp3) is 0.457. The number of hydrogen-bond acceptors (Lipinski definition) is 6. The number of aromatic nitrogens is 1. The van der Waals surface area contributed by atoms with Crippen LogP contribution in [-0.4, -0.2) is 66.7 Å². The average molecular weight is 589 g/mol. The predicted octanol–water partition coefficient (Wildman–Crippen LogP) is 7.05. The molecule has 8 nitrogen and oxygen atoms in total. The molecule has 0 saturated heterocycles. The molecule has 1 saturated carbocycles. The molecule has 1 heterocycles. The number of nitrogens with one attached hydrogen (secondary N) is 1. The molecule has 43 heavy (non-hydrogen) atoms. The van der Waals surface area contributed by atoms with Crippen LogP contribution >= 0.6 is 0 Å². The number of aliphatic hydroxyl groups is 1. The molecule has 4 aromatic rings. The van der Waals surface area contributed by atoms with Crippen molar-refractivity contribution >= 4 is 27.9 Å². The van der Waals surface area contributed by atoms with Crippen molar-refractivity contribution in [2.24, 2.45) is 17.8 Å². The number of nitrogens with zero attached hydrogens (tertiary/aromatic N) is 1. The first kappa shape index (κ1) is 30.5. The molecule has 4 atom stereocenters. The number of H-pyrrole nitrogens is 1. The van der Waals surface area contributed by atoms with E-state index in [4.69, 9.17) is 18.9 Å². The van der Waals surface area contributed by atoms with Gasteiger partial charge in [-0.15, -0.1) is 0 Å². The van der Waals surface area contributed by atoms with Crippen molar-refractivity contribution in [2.75, 3.05) is 33.4 Å². The molecule has 0 aliphatic heterocycles. The number of methoxy groups -OCH3 is 1. The number of para-hydroxylation sites is 3. The maximum absolute atomic E-state index is 13.6. The minimum atomic E-state index is -0.939. The summed E-state index contributed by atoms with van der Waals surface area (Å²) in [4.78, 5) is 18.6. The minimum absolute atomic E-state index is 0.0187. The fourth-order valence-corrected chi connectivity index (χ4v) is 6.20. The minimum Gasteiger partial charge on any atom is -0.493 e. The Bertz CT molecular complexity index is 1500. The van der Waals surface area contributed by atoms with E-state index in [2.05, 4.69) is 25.8 Å². The summed E-state index contributed by atoms with van der Waals surface area (Å²) in [6.07, 6.45) is 1.51. The van der Waals surface area contributed by atoms with Crippen LogP contribution in [0.4, 0.5) is 4.79 Å². The lowest BCUT2D eigenvalue weighted by Gasteiger charge is -2.38. The topological polar surface area (TPSA) is 93.3 Å². The summed E-state index contributed by atoms with van der Waals surface area (Å²) in [6, 6.07) is 21.3. The van der Waals surface area contributed by atoms with Gasteiger partial charge in [-0.3, -0.25) is 0 Å². The number of aromatic amines is 1. The van der Waals surface area contributed by atoms with Gasteiger partial charge >= 0.3 is 6.09 Å². The number of carbonyl (C=O) groups is 1. The zero-order chi connectivity index (χ0) is 30.3. The number of carbonyl (C=O) groups excluding carboxylic acids is 1. The third-order valence-electron chi connectivity index (χ3n) is 8.51. The SMILES string of the molecule is COc1ccccc1OCCN(C[C@H](O)COc1cccc2[nH]c3ccccc3c12)C(=O)O[C@@H]1C[C@H](C)CC[C@H]1C(C)C. The lowest BCUT2D eigenvalue weighted by atomic mass is 9.75. The zero-order valence-corrected chi connectivity index (χ0v) is 25.6. The van der Waals surface area contributed by atoms with Gasteiger partial charge in [-0.25, -0.2) is 4.79 Å². The number of benzene rings is 3. The van der Waals surface area contributed by atoms with Crippen LogP contribution in [0.3, 0.4) is 0 Å². The van der Waals surface area contributed by atoms with E-state index in [-0.39, 0.29) is 32.4 Å². The molecule has 8 heteroatoms. The maximum atomic E-state index is 13.6. The van der Waals surface area contributed by atoms with Crippen LogP contribution in [0.25, 0.3) is 21.8 Å². The van der Waals surface area contributed by atoms with Crippen molar-refractivity contribution in [3.8, 4) is 17.2 Å². The van der Waals surface area contributed by atoms with Crippen LogP contribution < -0.4 is 14.2 Å². The molecule has 1 aromatic heterocycles. The Balaban J connectivity index is 1.28. The predicted molar refractivity (Wildman–Crippen MR) is 169 cm³/mol. The highest BCUT2D eigenvalue weighted by Crippen LogP contribution is 2.36. The van der Waals surface area contributed by atoms with E-state index in [1.807, 2.05) is 66.7 Å². The molecule has 1 aliphatic carbocycles. The summed E-state index contributed by atoms with van der Waals surface area (Å²) in [5.41, 5.74) is 1.99. The van der Waals surface area contributed by atoms with E-state index in [1.165, 1.54) is 4.90 Å². The molecular weight excluding hydrogens is 544 g/mol. The molecule has 1 aliphatic rings. The quantitative estimate of drug-likeness (QED) is 0.184. The van der Waals surface area contributed by atoms with Crippen molar-refractivity contribution in [2.45, 2.75) is 52.2 Å². The van der Waals surface area contributed by atoms with Crippen molar-refractivity contribution in [1.82, 2.24) is 9.88 Å². The first-order valence-corrected chi connectivity index (χ1v) is 15.4. The summed E-state index contributed by atoms with van der Waals surface area (Å²) in [7, 11) is 1.59. The highest BCUT2D eigenvalue weighted by molar-refractivity contribution is 6.10. The third-order valence-corrected chi connectivity index (χ3v) is 8.51. The van der Waals surface area contributed by atoms with Gasteiger partial charge in [-0.2, -0.15) is 0 Å². The van der Waals surface area contributed by atoms with Crippen molar-refractivity contribution in [3.63, 3.8) is 0 Å². The standard InChI is InChI=1S/C35H44N2O6/c1-23(2)26-17-16-24(3)20-33(26)43-35(39)37(18-19-41-31-14-8-7-13-30(31)40-4)21-25(38)22-42-32-15-9-12-29-34(32)27-10-5-6-11-28(27)36-29/h5-15,23-26,33,36,38H,16-22H2,1-4H3/t24-,25+,26+,33-/m1/s1. The number of hydrogen-bond donors (Lipinski definition) is 2. The maximum Gasteiger partial charge on any atom is 0.410 e. The van der Waals surface area contributed by atoms with Crippen LogP contribution in [0.15, 0.2) is 66.7 Å². The van der Waals surface area contributed by atoms with Gasteiger partial charge in [-0.05, 0) is 60.9 Å². The van der Waals surface area contributed by atoms with Gasteiger partial charge in [0.05, 0.1) is 25.7 Å². The van der Waals surface area contributed by atoms with Crippen LogP contribution in [0.5, 0.6) is 17.2 Å². The molecule has 1 amide bonds. The Labute approximate surface area is 253 Å². The van der Waals surface area contributed by atoms with Crippen LogP contribution in [0.2, 0.25) is 0 Å². The van der Waals surface area contributed by atoms with Gasteiger partial charge in [0.1, 0.15) is 31.2 Å². The van der Waals surface area contributed by atoms with E-state index in [0.29, 0.717) is 35.0 Å². The number of amides is 1. The monoisotopic (exact) mass is 588 g/mol. The van der Waals surface area contributed by atoms with Crippen molar-refractivity contribution in [1.29, 1.82) is 0 Å².